The number of likely N-dealkylation sites (tertiary alicyclic amines) is 1. The Labute approximate surface area is 68.6 Å². The number of nitrogens with zero attached hydrogens (tertiary/aromatic N) is 1. The van der Waals surface area contributed by atoms with Crippen LogP contribution in [0.2, 0.25) is 0 Å². The van der Waals surface area contributed by atoms with Crippen LogP contribution in [0.4, 0.5) is 0 Å². The molecule has 1 amide bonds. The molecule has 0 radical (unpaired) electrons. The second-order valence-corrected chi connectivity index (χ2v) is 3.97. The third-order valence-electron chi connectivity index (χ3n) is 2.23. The summed E-state index contributed by atoms with van der Waals surface area (Å²) >= 11 is 0. The highest BCUT2D eigenvalue weighted by atomic mass is 16.2. The normalized spacial score (nSPS) is 25.3. The molecule has 2 heteroatoms. The van der Waals surface area contributed by atoms with Gasteiger partial charge in [-0.15, -0.1) is 0 Å². The predicted molar refractivity (Wildman–Crippen MR) is 45.2 cm³/mol. The van der Waals surface area contributed by atoms with Gasteiger partial charge in [0.2, 0.25) is 5.91 Å². The third-order valence-corrected chi connectivity index (χ3v) is 2.23. The van der Waals surface area contributed by atoms with Crippen LogP contribution in [0.15, 0.2) is 0 Å². The molecule has 1 saturated heterocycles. The van der Waals surface area contributed by atoms with Crippen LogP contribution in [0.1, 0.15) is 26.7 Å². The zero-order valence-electron chi connectivity index (χ0n) is 7.63. The minimum atomic E-state index is 0.315. The standard InChI is InChI=1S/C9H17NO/c1-7(2)4-8-5-9(11)10(3)6-8/h7-8H,4-6H2,1-3H3/t8-/m1/s1. The first-order valence-electron chi connectivity index (χ1n) is 4.33. The van der Waals surface area contributed by atoms with Crippen molar-refractivity contribution in [2.75, 3.05) is 13.6 Å². The van der Waals surface area contributed by atoms with Crippen LogP contribution in [-0.4, -0.2) is 24.4 Å². The highest BCUT2D eigenvalue weighted by Gasteiger charge is 2.26. The lowest BCUT2D eigenvalue weighted by Crippen LogP contribution is -2.19. The highest BCUT2D eigenvalue weighted by molar-refractivity contribution is 5.78. The van der Waals surface area contributed by atoms with Crippen molar-refractivity contribution in [3.05, 3.63) is 0 Å². The molecule has 0 aromatic rings. The van der Waals surface area contributed by atoms with Crippen LogP contribution in [0, 0.1) is 11.8 Å². The molecule has 1 fully saturated rings. The molecule has 64 valence electrons. The van der Waals surface area contributed by atoms with Crippen molar-refractivity contribution < 1.29 is 4.79 Å². The zero-order valence-corrected chi connectivity index (χ0v) is 7.63. The smallest absolute Gasteiger partial charge is 0.222 e. The van der Waals surface area contributed by atoms with E-state index in [1.807, 2.05) is 11.9 Å². The second kappa shape index (κ2) is 3.24. The lowest BCUT2D eigenvalue weighted by atomic mass is 9.96. The topological polar surface area (TPSA) is 20.3 Å². The lowest BCUT2D eigenvalue weighted by Gasteiger charge is -2.11. The van der Waals surface area contributed by atoms with Gasteiger partial charge >= 0.3 is 0 Å². The summed E-state index contributed by atoms with van der Waals surface area (Å²) in [6.45, 7) is 5.39. The van der Waals surface area contributed by atoms with E-state index in [0.717, 1.165) is 18.9 Å². The van der Waals surface area contributed by atoms with Gasteiger partial charge in [0.15, 0.2) is 0 Å². The Balaban J connectivity index is 2.35. The fourth-order valence-corrected chi connectivity index (χ4v) is 1.78. The predicted octanol–water partition coefficient (Wildman–Crippen LogP) is 1.51. The van der Waals surface area contributed by atoms with Gasteiger partial charge in [0.05, 0.1) is 0 Å². The molecule has 0 aromatic carbocycles. The van der Waals surface area contributed by atoms with Gasteiger partial charge in [-0.25, -0.2) is 0 Å². The molecule has 0 N–H and O–H groups in total. The Morgan fingerprint density at radius 3 is 2.64 bits per heavy atom. The van der Waals surface area contributed by atoms with Gasteiger partial charge in [0.1, 0.15) is 0 Å². The van der Waals surface area contributed by atoms with Crippen molar-refractivity contribution >= 4 is 5.91 Å². The second-order valence-electron chi connectivity index (χ2n) is 3.97. The van der Waals surface area contributed by atoms with E-state index in [0.29, 0.717) is 11.8 Å². The van der Waals surface area contributed by atoms with Gasteiger partial charge in [-0.05, 0) is 18.3 Å². The van der Waals surface area contributed by atoms with Gasteiger partial charge in [0.25, 0.3) is 0 Å². The summed E-state index contributed by atoms with van der Waals surface area (Å²) in [5.41, 5.74) is 0. The van der Waals surface area contributed by atoms with Crippen LogP contribution in [0.3, 0.4) is 0 Å². The minimum Gasteiger partial charge on any atom is -0.345 e. The average Bonchev–Trinajstić information content (AvgIpc) is 2.10. The molecule has 0 bridgehead atoms. The minimum absolute atomic E-state index is 0.315. The van der Waals surface area contributed by atoms with E-state index < -0.39 is 0 Å². The summed E-state index contributed by atoms with van der Waals surface area (Å²) in [6, 6.07) is 0. The van der Waals surface area contributed by atoms with Gasteiger partial charge in [-0.2, -0.15) is 0 Å². The molecule has 1 aliphatic heterocycles. The van der Waals surface area contributed by atoms with Gasteiger partial charge < -0.3 is 4.90 Å². The number of hydrogen-bond acceptors (Lipinski definition) is 1. The molecule has 1 rings (SSSR count). The monoisotopic (exact) mass is 155 g/mol. The molecule has 0 unspecified atom stereocenters. The van der Waals surface area contributed by atoms with Crippen molar-refractivity contribution in [1.82, 2.24) is 4.90 Å². The van der Waals surface area contributed by atoms with Gasteiger partial charge in [-0.1, -0.05) is 13.8 Å². The quantitative estimate of drug-likeness (QED) is 0.592. The van der Waals surface area contributed by atoms with Crippen molar-refractivity contribution in [2.45, 2.75) is 26.7 Å². The fourth-order valence-electron chi connectivity index (χ4n) is 1.78. The van der Waals surface area contributed by atoms with Crippen LogP contribution in [0.25, 0.3) is 0 Å². The molecule has 1 heterocycles. The summed E-state index contributed by atoms with van der Waals surface area (Å²) in [6.07, 6.45) is 1.96. The van der Waals surface area contributed by atoms with E-state index in [4.69, 9.17) is 0 Å². The van der Waals surface area contributed by atoms with E-state index in [1.54, 1.807) is 0 Å². The number of carbonyl (C=O) groups is 1. The number of rotatable bonds is 2. The largest absolute Gasteiger partial charge is 0.345 e. The summed E-state index contributed by atoms with van der Waals surface area (Å²) in [7, 11) is 1.89. The molecule has 1 aliphatic rings. The fraction of sp³-hybridized carbons (Fsp3) is 0.889. The molecular weight excluding hydrogens is 138 g/mol. The average molecular weight is 155 g/mol. The lowest BCUT2D eigenvalue weighted by molar-refractivity contribution is -0.126. The molecule has 11 heavy (non-hydrogen) atoms. The van der Waals surface area contributed by atoms with Crippen LogP contribution in [-0.2, 0) is 4.79 Å². The van der Waals surface area contributed by atoms with Crippen molar-refractivity contribution in [3.63, 3.8) is 0 Å². The molecule has 1 atom stereocenters. The van der Waals surface area contributed by atoms with E-state index in [1.165, 1.54) is 6.42 Å². The first-order chi connectivity index (χ1) is 5.09. The molecule has 0 aromatic heterocycles. The molecule has 0 saturated carbocycles. The first kappa shape index (κ1) is 8.57. The first-order valence-corrected chi connectivity index (χ1v) is 4.33. The number of carbonyl (C=O) groups excluding carboxylic acids is 1. The highest BCUT2D eigenvalue weighted by Crippen LogP contribution is 2.22. The summed E-state index contributed by atoms with van der Waals surface area (Å²) in [5, 5.41) is 0. The Hall–Kier alpha value is -0.530. The van der Waals surface area contributed by atoms with Crippen LogP contribution in [0.5, 0.6) is 0 Å². The Kier molecular flexibility index (Phi) is 2.53. The molecule has 2 nitrogen and oxygen atoms in total. The van der Waals surface area contributed by atoms with Crippen LogP contribution >= 0.6 is 0 Å². The zero-order chi connectivity index (χ0) is 8.43. The molecule has 0 spiro atoms. The summed E-state index contributed by atoms with van der Waals surface area (Å²) in [4.78, 5) is 12.9. The molecule has 0 aliphatic carbocycles. The Bertz CT molecular complexity index is 154. The van der Waals surface area contributed by atoms with Crippen molar-refractivity contribution in [1.29, 1.82) is 0 Å². The van der Waals surface area contributed by atoms with E-state index >= 15 is 0 Å². The number of hydrogen-bond donors (Lipinski definition) is 0. The van der Waals surface area contributed by atoms with Gasteiger partial charge in [0, 0.05) is 20.0 Å². The Morgan fingerprint density at radius 1 is 1.64 bits per heavy atom. The SMILES string of the molecule is CC(C)C[C@@H]1CC(=O)N(C)C1. The Morgan fingerprint density at radius 2 is 2.27 bits per heavy atom. The van der Waals surface area contributed by atoms with Crippen molar-refractivity contribution in [2.24, 2.45) is 11.8 Å². The number of amides is 1. The maximum atomic E-state index is 11.1. The van der Waals surface area contributed by atoms with Gasteiger partial charge in [-0.3, -0.25) is 4.79 Å². The van der Waals surface area contributed by atoms with E-state index in [9.17, 15) is 4.79 Å². The van der Waals surface area contributed by atoms with Crippen molar-refractivity contribution in [3.8, 4) is 0 Å². The van der Waals surface area contributed by atoms with Crippen LogP contribution < -0.4 is 0 Å². The maximum absolute atomic E-state index is 11.1. The maximum Gasteiger partial charge on any atom is 0.222 e. The summed E-state index contributed by atoms with van der Waals surface area (Å²) < 4.78 is 0. The van der Waals surface area contributed by atoms with E-state index in [2.05, 4.69) is 13.8 Å². The van der Waals surface area contributed by atoms with E-state index in [-0.39, 0.29) is 0 Å². The summed E-state index contributed by atoms with van der Waals surface area (Å²) in [5.74, 6) is 1.66. The molecular formula is C9H17NO. The third kappa shape index (κ3) is 2.21.